The Bertz CT molecular complexity index is 880. The van der Waals surface area contributed by atoms with Crippen LogP contribution in [-0.2, 0) is 0 Å². The zero-order valence-electron chi connectivity index (χ0n) is 21.3. The third-order valence-electron chi connectivity index (χ3n) is 1.64. The van der Waals surface area contributed by atoms with Crippen molar-refractivity contribution in [3.8, 4) is 0 Å². The summed E-state index contributed by atoms with van der Waals surface area (Å²) in [5.41, 5.74) is -0.750. The molecule has 2 aromatic rings. The molecule has 0 aliphatic rings. The van der Waals surface area contributed by atoms with Crippen LogP contribution in [0.15, 0.2) is 12.4 Å². The molecule has 5 nitrogen and oxygen atoms in total. The Labute approximate surface area is 108 Å². The first-order valence-electron chi connectivity index (χ1n) is 10.8. The molecule has 5 heteroatoms. The van der Waals surface area contributed by atoms with Gasteiger partial charge in [0.2, 0.25) is 0 Å². The number of rotatable bonds is 3. The van der Waals surface area contributed by atoms with Crippen LogP contribution in [0.1, 0.15) is 38.6 Å². The molecule has 15 heavy (non-hydrogen) atoms. The zero-order chi connectivity index (χ0) is 22.8. The summed E-state index contributed by atoms with van der Waals surface area (Å²) in [6.45, 7) is -17.3. The molecule has 0 radical (unpaired) electrons. The number of hydrogen-bond acceptors (Lipinski definition) is 4. The van der Waals surface area contributed by atoms with Crippen molar-refractivity contribution < 1.29 is 19.2 Å². The molecular formula is C10H15N5. The minimum atomic E-state index is -3.64. The monoisotopic (exact) mass is 219 g/mol. The molecule has 0 aromatic carbocycles. The number of aryl methyl sites for hydroxylation is 1. The van der Waals surface area contributed by atoms with Gasteiger partial charge in [-0.15, -0.1) is 0 Å². The lowest BCUT2D eigenvalue weighted by Crippen LogP contribution is -2.25. The van der Waals surface area contributed by atoms with Gasteiger partial charge in [-0.05, 0) is 20.6 Å². The summed E-state index contributed by atoms with van der Waals surface area (Å²) in [7, 11) is 0. The molecule has 0 atom stereocenters. The number of anilines is 1. The summed E-state index contributed by atoms with van der Waals surface area (Å²) >= 11 is 0. The summed E-state index contributed by atoms with van der Waals surface area (Å²) in [5, 5.41) is 3.53. The van der Waals surface area contributed by atoms with Crippen LogP contribution < -0.4 is 4.90 Å². The highest BCUT2D eigenvalue weighted by molar-refractivity contribution is 5.46. The van der Waals surface area contributed by atoms with Crippen LogP contribution in [0.3, 0.4) is 0 Å². The van der Waals surface area contributed by atoms with Gasteiger partial charge in [-0.25, -0.2) is 4.98 Å². The van der Waals surface area contributed by atoms with Gasteiger partial charge in [0.05, 0.1) is 0 Å². The van der Waals surface area contributed by atoms with E-state index < -0.39 is 57.1 Å². The average molecular weight is 219 g/mol. The fourth-order valence-electron chi connectivity index (χ4n) is 1.06. The Morgan fingerprint density at radius 1 is 1.60 bits per heavy atom. The maximum atomic E-state index is 7.99. The van der Waals surface area contributed by atoms with Crippen LogP contribution in [0.5, 0.6) is 0 Å². The summed E-state index contributed by atoms with van der Waals surface area (Å²) in [5.74, 6) is -1.47. The number of aromatic nitrogens is 4. The second-order valence-electron chi connectivity index (χ2n) is 2.48. The van der Waals surface area contributed by atoms with E-state index in [1.165, 1.54) is 0 Å². The summed E-state index contributed by atoms with van der Waals surface area (Å²) in [6, 6.07) is 0.598. The molecule has 0 aliphatic heterocycles. The van der Waals surface area contributed by atoms with E-state index in [2.05, 4.69) is 15.1 Å². The molecule has 0 bridgehead atoms. The SMILES string of the molecule is [2H]c1nc2nc(C([2H])([2H])[2H])cc(N(C([2H])([2H])C([2H])([2H])[2H])C([2H])([2H])C([2H])([2H])[2H])n2n1. The maximum Gasteiger partial charge on any atom is 0.254 e. The lowest BCUT2D eigenvalue weighted by molar-refractivity contribution is 0.796. The molecule has 0 saturated heterocycles. The van der Waals surface area contributed by atoms with E-state index in [1.54, 1.807) is 0 Å². The van der Waals surface area contributed by atoms with Gasteiger partial charge in [0.25, 0.3) is 5.78 Å². The highest BCUT2D eigenvalue weighted by atomic mass is 15.4. The van der Waals surface area contributed by atoms with Gasteiger partial charge in [-0.2, -0.15) is 14.6 Å². The smallest absolute Gasteiger partial charge is 0.254 e. The third kappa shape index (κ3) is 1.65. The Balaban J connectivity index is 3.00. The van der Waals surface area contributed by atoms with Crippen molar-refractivity contribution in [3.05, 3.63) is 18.1 Å². The lowest BCUT2D eigenvalue weighted by atomic mass is 10.4. The standard InChI is InChI=1S/C10H15N5/c1-4-14(5-2)9-6-8(3)13-10-11-7-12-15(9)10/h6-7H,4-5H2,1-3H3/i1D3,2D3,3D3,4D2,5D2,7D. The highest BCUT2D eigenvalue weighted by Gasteiger charge is 2.09. The van der Waals surface area contributed by atoms with E-state index >= 15 is 0 Å². The number of fused-ring (bicyclic) bond motifs is 1. The van der Waals surface area contributed by atoms with Crippen molar-refractivity contribution in [1.29, 1.82) is 0 Å². The van der Waals surface area contributed by atoms with Crippen molar-refractivity contribution in [2.75, 3.05) is 17.9 Å². The molecule has 0 N–H and O–H groups in total. The van der Waals surface area contributed by atoms with E-state index in [9.17, 15) is 0 Å². The second-order valence-corrected chi connectivity index (χ2v) is 2.48. The first-order chi connectivity index (χ1) is 12.7. The maximum absolute atomic E-state index is 7.99. The molecule has 0 unspecified atom stereocenters. The van der Waals surface area contributed by atoms with Gasteiger partial charge in [-0.3, -0.25) is 0 Å². The Morgan fingerprint density at radius 3 is 3.20 bits per heavy atom. The quantitative estimate of drug-likeness (QED) is 0.780. The largest absolute Gasteiger partial charge is 0.357 e. The summed E-state index contributed by atoms with van der Waals surface area (Å²) < 4.78 is 107. The van der Waals surface area contributed by atoms with Crippen molar-refractivity contribution in [3.63, 3.8) is 0 Å². The van der Waals surface area contributed by atoms with Crippen molar-refractivity contribution in [2.24, 2.45) is 0 Å². The minimum absolute atomic E-state index is 0.224. The van der Waals surface area contributed by atoms with Gasteiger partial charge in [0.15, 0.2) is 0 Å². The van der Waals surface area contributed by atoms with Crippen molar-refractivity contribution in [2.45, 2.75) is 20.6 Å². The first kappa shape index (κ1) is 2.53. The number of nitrogens with zero attached hydrogens (tertiary/aromatic N) is 5. The highest BCUT2D eigenvalue weighted by Crippen LogP contribution is 2.14. The Kier molecular flexibility index (Phi) is 0.649. The topological polar surface area (TPSA) is 46.3 Å². The number of hydrogen-bond donors (Lipinski definition) is 0. The zero-order valence-corrected chi connectivity index (χ0v) is 7.31. The predicted octanol–water partition coefficient (Wildman–Crippen LogP) is 1.28. The van der Waals surface area contributed by atoms with E-state index in [-0.39, 0.29) is 4.90 Å². The fourth-order valence-corrected chi connectivity index (χ4v) is 1.06. The van der Waals surface area contributed by atoms with Crippen molar-refractivity contribution >= 4 is 11.6 Å². The first-order valence-corrected chi connectivity index (χ1v) is 3.76. The van der Waals surface area contributed by atoms with Gasteiger partial charge < -0.3 is 4.90 Å². The normalized spacial score (nSPS) is 29.1. The van der Waals surface area contributed by atoms with E-state index in [4.69, 9.17) is 19.2 Å². The molecule has 0 aliphatic carbocycles. The van der Waals surface area contributed by atoms with Gasteiger partial charge >= 0.3 is 0 Å². The lowest BCUT2D eigenvalue weighted by Gasteiger charge is -2.21. The molecule has 0 amide bonds. The van der Waals surface area contributed by atoms with Gasteiger partial charge in [0.1, 0.15) is 13.5 Å². The molecule has 0 spiro atoms. The van der Waals surface area contributed by atoms with Gasteiger partial charge in [0, 0.05) is 42.6 Å². The van der Waals surface area contributed by atoms with Gasteiger partial charge in [-0.1, -0.05) is 0 Å². The van der Waals surface area contributed by atoms with Crippen LogP contribution >= 0.6 is 0 Å². The van der Waals surface area contributed by atoms with Crippen LogP contribution in [0.25, 0.3) is 5.78 Å². The molecular weight excluding hydrogens is 190 g/mol. The van der Waals surface area contributed by atoms with E-state index in [0.717, 1.165) is 0 Å². The third-order valence-corrected chi connectivity index (χ3v) is 1.64. The van der Waals surface area contributed by atoms with Crippen LogP contribution in [0.2, 0.25) is 0 Å². The van der Waals surface area contributed by atoms with Crippen LogP contribution in [-0.4, -0.2) is 32.6 Å². The minimum Gasteiger partial charge on any atom is -0.357 e. The second kappa shape index (κ2) is 3.84. The molecule has 2 aromatic heterocycles. The molecule has 0 saturated carbocycles. The van der Waals surface area contributed by atoms with Crippen LogP contribution in [0.4, 0.5) is 5.82 Å². The summed E-state index contributed by atoms with van der Waals surface area (Å²) in [6.07, 6.45) is -0.717. The van der Waals surface area contributed by atoms with E-state index in [0.29, 0.717) is 10.6 Å². The Morgan fingerprint density at radius 2 is 2.47 bits per heavy atom. The average Bonchev–Trinajstić information content (AvgIpc) is 2.83. The molecule has 0 fully saturated rings. The van der Waals surface area contributed by atoms with Crippen molar-refractivity contribution in [1.82, 2.24) is 19.6 Å². The van der Waals surface area contributed by atoms with E-state index in [1.807, 2.05) is 0 Å². The molecule has 2 heterocycles. The predicted molar refractivity (Wildman–Crippen MR) is 59.1 cm³/mol. The summed E-state index contributed by atoms with van der Waals surface area (Å²) in [4.78, 5) is 6.95. The molecule has 80 valence electrons. The fraction of sp³-hybridized carbons (Fsp3) is 0.500. The van der Waals surface area contributed by atoms with Crippen LogP contribution in [0, 0.1) is 6.85 Å². The Hall–Kier alpha value is -1.65. The molecule has 2 rings (SSSR count).